The predicted octanol–water partition coefficient (Wildman–Crippen LogP) is 4.22. The van der Waals surface area contributed by atoms with Gasteiger partial charge in [0.05, 0.1) is 5.71 Å². The quantitative estimate of drug-likeness (QED) is 0.469. The van der Waals surface area contributed by atoms with Crippen LogP contribution in [0.15, 0.2) is 59.8 Å². The summed E-state index contributed by atoms with van der Waals surface area (Å²) in [7, 11) is 1.53. The average molecular weight is 320 g/mol. The van der Waals surface area contributed by atoms with E-state index in [1.54, 1.807) is 0 Å². The van der Waals surface area contributed by atoms with Crippen LogP contribution < -0.4 is 4.74 Å². The van der Waals surface area contributed by atoms with E-state index in [0.29, 0.717) is 5.33 Å². The summed E-state index contributed by atoms with van der Waals surface area (Å²) < 4.78 is 5.78. The van der Waals surface area contributed by atoms with Crippen molar-refractivity contribution in [2.75, 3.05) is 12.4 Å². The molecule has 0 heterocycles. The molecule has 98 valence electrons. The zero-order chi connectivity index (χ0) is 13.5. The number of oxime groups is 1. The lowest BCUT2D eigenvalue weighted by atomic mass is 10.1. The maximum absolute atomic E-state index is 5.78. The van der Waals surface area contributed by atoms with Crippen molar-refractivity contribution in [3.05, 3.63) is 60.2 Å². The Kier molecular flexibility index (Phi) is 4.98. The molecule has 4 heteroatoms. The smallest absolute Gasteiger partial charge is 0.128 e. The van der Waals surface area contributed by atoms with Crippen molar-refractivity contribution in [3.8, 4) is 11.5 Å². The third kappa shape index (κ3) is 3.83. The van der Waals surface area contributed by atoms with E-state index in [2.05, 4.69) is 21.1 Å². The Morgan fingerprint density at radius 2 is 1.79 bits per heavy atom. The van der Waals surface area contributed by atoms with Gasteiger partial charge in [0.25, 0.3) is 0 Å². The molecule has 2 aromatic carbocycles. The number of ether oxygens (including phenoxy) is 1. The first-order chi connectivity index (χ1) is 9.33. The molecule has 2 rings (SSSR count). The Labute approximate surface area is 121 Å². The van der Waals surface area contributed by atoms with Gasteiger partial charge in [-0.15, -0.1) is 0 Å². The van der Waals surface area contributed by atoms with E-state index in [0.717, 1.165) is 22.8 Å². The predicted molar refractivity (Wildman–Crippen MR) is 80.3 cm³/mol. The number of hydrogen-bond acceptors (Lipinski definition) is 3. The standard InChI is InChI=1S/C15H14BrNO2/c1-18-17-15(11-16)12-6-5-9-14(10-12)19-13-7-3-2-4-8-13/h2-10H,11H2,1H3. The van der Waals surface area contributed by atoms with Gasteiger partial charge in [-0.05, 0) is 24.3 Å². The molecule has 0 unspecified atom stereocenters. The first kappa shape index (κ1) is 13.6. The van der Waals surface area contributed by atoms with Gasteiger partial charge in [-0.2, -0.15) is 0 Å². The van der Waals surface area contributed by atoms with E-state index < -0.39 is 0 Å². The average Bonchev–Trinajstić information content (AvgIpc) is 2.46. The fraction of sp³-hybridized carbons (Fsp3) is 0.133. The summed E-state index contributed by atoms with van der Waals surface area (Å²) in [6, 6.07) is 17.4. The SMILES string of the molecule is CON=C(CBr)c1cccc(Oc2ccccc2)c1. The normalized spacial score (nSPS) is 11.2. The number of nitrogens with zero attached hydrogens (tertiary/aromatic N) is 1. The van der Waals surface area contributed by atoms with Gasteiger partial charge in [-0.1, -0.05) is 51.4 Å². The Bertz CT molecular complexity index is 555. The third-order valence-electron chi connectivity index (χ3n) is 2.47. The molecule has 0 aliphatic rings. The van der Waals surface area contributed by atoms with Gasteiger partial charge in [0.15, 0.2) is 0 Å². The lowest BCUT2D eigenvalue weighted by Gasteiger charge is -2.08. The first-order valence-corrected chi connectivity index (χ1v) is 6.95. The second-order valence-corrected chi connectivity index (χ2v) is 4.36. The molecular formula is C15H14BrNO2. The minimum atomic E-state index is 0.621. The number of halogens is 1. The van der Waals surface area contributed by atoms with E-state index in [4.69, 9.17) is 9.57 Å². The van der Waals surface area contributed by atoms with Gasteiger partial charge in [0.2, 0.25) is 0 Å². The molecule has 0 aliphatic heterocycles. The molecule has 0 bridgehead atoms. The van der Waals surface area contributed by atoms with Crippen molar-refractivity contribution in [3.63, 3.8) is 0 Å². The molecule has 0 saturated heterocycles. The molecular weight excluding hydrogens is 306 g/mol. The second kappa shape index (κ2) is 6.95. The Morgan fingerprint density at radius 1 is 1.05 bits per heavy atom. The second-order valence-electron chi connectivity index (χ2n) is 3.80. The molecule has 3 nitrogen and oxygen atoms in total. The van der Waals surface area contributed by atoms with Gasteiger partial charge in [-0.3, -0.25) is 0 Å². The number of alkyl halides is 1. The fourth-order valence-electron chi connectivity index (χ4n) is 1.63. The van der Waals surface area contributed by atoms with Crippen LogP contribution in [0.5, 0.6) is 11.5 Å². The van der Waals surface area contributed by atoms with Crippen LogP contribution in [0, 0.1) is 0 Å². The van der Waals surface area contributed by atoms with Crippen LogP contribution >= 0.6 is 15.9 Å². The lowest BCUT2D eigenvalue weighted by Crippen LogP contribution is -2.03. The highest BCUT2D eigenvalue weighted by Gasteiger charge is 2.05. The molecule has 0 aromatic heterocycles. The van der Waals surface area contributed by atoms with Crippen LogP contribution in [0.4, 0.5) is 0 Å². The van der Waals surface area contributed by atoms with Crippen molar-refractivity contribution in [1.82, 2.24) is 0 Å². The van der Waals surface area contributed by atoms with Gasteiger partial charge >= 0.3 is 0 Å². The topological polar surface area (TPSA) is 30.8 Å². The van der Waals surface area contributed by atoms with Crippen LogP contribution in [-0.2, 0) is 4.84 Å². The summed E-state index contributed by atoms with van der Waals surface area (Å²) in [6.45, 7) is 0. The molecule has 0 saturated carbocycles. The summed E-state index contributed by atoms with van der Waals surface area (Å²) in [5.74, 6) is 1.58. The molecule has 0 spiro atoms. The number of hydrogen-bond donors (Lipinski definition) is 0. The Balaban J connectivity index is 2.22. The van der Waals surface area contributed by atoms with E-state index >= 15 is 0 Å². The highest BCUT2D eigenvalue weighted by molar-refractivity contribution is 9.09. The van der Waals surface area contributed by atoms with Gasteiger partial charge in [0, 0.05) is 10.9 Å². The van der Waals surface area contributed by atoms with Crippen molar-refractivity contribution in [2.45, 2.75) is 0 Å². The molecule has 2 aromatic rings. The van der Waals surface area contributed by atoms with Crippen LogP contribution in [0.1, 0.15) is 5.56 Å². The van der Waals surface area contributed by atoms with Gasteiger partial charge in [0.1, 0.15) is 18.6 Å². The van der Waals surface area contributed by atoms with E-state index in [1.807, 2.05) is 54.6 Å². The number of para-hydroxylation sites is 1. The van der Waals surface area contributed by atoms with E-state index in [1.165, 1.54) is 7.11 Å². The zero-order valence-corrected chi connectivity index (χ0v) is 12.1. The number of rotatable bonds is 5. The zero-order valence-electron chi connectivity index (χ0n) is 10.5. The van der Waals surface area contributed by atoms with Crippen molar-refractivity contribution >= 4 is 21.6 Å². The Morgan fingerprint density at radius 3 is 2.47 bits per heavy atom. The van der Waals surface area contributed by atoms with Crippen LogP contribution in [-0.4, -0.2) is 18.2 Å². The third-order valence-corrected chi connectivity index (χ3v) is 3.01. The molecule has 0 aliphatic carbocycles. The minimum Gasteiger partial charge on any atom is -0.457 e. The fourth-order valence-corrected chi connectivity index (χ4v) is 2.05. The van der Waals surface area contributed by atoms with Crippen LogP contribution in [0.2, 0.25) is 0 Å². The summed E-state index contributed by atoms with van der Waals surface area (Å²) in [6.07, 6.45) is 0. The monoisotopic (exact) mass is 319 g/mol. The van der Waals surface area contributed by atoms with Crippen LogP contribution in [0.25, 0.3) is 0 Å². The summed E-state index contributed by atoms with van der Waals surface area (Å²) in [5, 5.41) is 4.60. The minimum absolute atomic E-state index is 0.621. The van der Waals surface area contributed by atoms with Crippen LogP contribution in [0.3, 0.4) is 0 Å². The first-order valence-electron chi connectivity index (χ1n) is 5.83. The molecule has 0 N–H and O–H groups in total. The maximum Gasteiger partial charge on any atom is 0.128 e. The largest absolute Gasteiger partial charge is 0.457 e. The van der Waals surface area contributed by atoms with Crippen molar-refractivity contribution in [1.29, 1.82) is 0 Å². The van der Waals surface area contributed by atoms with E-state index in [-0.39, 0.29) is 0 Å². The summed E-state index contributed by atoms with van der Waals surface area (Å²) in [4.78, 5) is 4.82. The highest BCUT2D eigenvalue weighted by atomic mass is 79.9. The maximum atomic E-state index is 5.78. The van der Waals surface area contributed by atoms with Gasteiger partial charge < -0.3 is 9.57 Å². The molecule has 0 amide bonds. The molecule has 0 atom stereocenters. The Hall–Kier alpha value is -1.81. The van der Waals surface area contributed by atoms with E-state index in [9.17, 15) is 0 Å². The molecule has 0 radical (unpaired) electrons. The lowest BCUT2D eigenvalue weighted by molar-refractivity contribution is 0.213. The highest BCUT2D eigenvalue weighted by Crippen LogP contribution is 2.22. The molecule has 0 fully saturated rings. The van der Waals surface area contributed by atoms with Crippen molar-refractivity contribution in [2.24, 2.45) is 5.16 Å². The summed E-state index contributed by atoms with van der Waals surface area (Å²) in [5.41, 5.74) is 1.79. The summed E-state index contributed by atoms with van der Waals surface area (Å²) >= 11 is 3.39. The van der Waals surface area contributed by atoms with Crippen molar-refractivity contribution < 1.29 is 9.57 Å². The number of benzene rings is 2. The molecule has 19 heavy (non-hydrogen) atoms. The van der Waals surface area contributed by atoms with Gasteiger partial charge in [-0.25, -0.2) is 0 Å².